The van der Waals surface area contributed by atoms with Gasteiger partial charge in [-0.15, -0.1) is 0 Å². The molecule has 2 aromatic rings. The van der Waals surface area contributed by atoms with Crippen LogP contribution in [0, 0.1) is 11.8 Å². The van der Waals surface area contributed by atoms with E-state index in [0.717, 1.165) is 16.9 Å². The van der Waals surface area contributed by atoms with Crippen LogP contribution in [0.5, 0.6) is 11.5 Å². The van der Waals surface area contributed by atoms with Crippen molar-refractivity contribution in [3.8, 4) is 11.5 Å². The summed E-state index contributed by atoms with van der Waals surface area (Å²) in [6, 6.07) is 8.81. The fourth-order valence-corrected chi connectivity index (χ4v) is 5.66. The largest absolute Gasteiger partial charge is 0.497 e. The molecule has 12 nitrogen and oxygen atoms in total. The van der Waals surface area contributed by atoms with Gasteiger partial charge in [-0.25, -0.2) is 0 Å². The van der Waals surface area contributed by atoms with Crippen molar-refractivity contribution >= 4 is 29.5 Å². The first-order chi connectivity index (χ1) is 22.3. The van der Waals surface area contributed by atoms with E-state index in [-0.39, 0.29) is 37.3 Å². The van der Waals surface area contributed by atoms with E-state index in [2.05, 4.69) is 21.3 Å². The van der Waals surface area contributed by atoms with Gasteiger partial charge in [0.1, 0.15) is 29.6 Å². The average Bonchev–Trinajstić information content (AvgIpc) is 3.50. The summed E-state index contributed by atoms with van der Waals surface area (Å²) in [4.78, 5) is 69.6. The SMILES string of the molecule is COc1ccc(C[C@@H]2NC(=O)[C@H](CC(C)C)NC(=O)CN(C(=O)c3ccc4c(c3)CCO4)C[C@H](C(C)C)NC(=O)[C@@H](C)NC2=O)cc1. The third kappa shape index (κ3) is 9.46. The van der Waals surface area contributed by atoms with Crippen molar-refractivity contribution in [3.63, 3.8) is 0 Å². The molecule has 2 aromatic carbocycles. The lowest BCUT2D eigenvalue weighted by Crippen LogP contribution is -2.57. The van der Waals surface area contributed by atoms with Crippen LogP contribution in [0.1, 0.15) is 62.5 Å². The number of carbonyl (C=O) groups is 5. The molecule has 1 fully saturated rings. The topological polar surface area (TPSA) is 155 Å². The molecule has 1 saturated heterocycles. The number of methoxy groups -OCH3 is 1. The standard InChI is InChI=1S/C35H47N5O7/c1-20(2)15-27-34(44)38-28(16-23-7-10-26(46-6)11-8-23)33(43)36-22(5)32(42)39-29(21(3)4)18-40(19-31(41)37-27)35(45)25-9-12-30-24(17-25)13-14-47-30/h7-12,17,20-22,27-29H,13-16,18-19H2,1-6H3,(H,36,43)(H,37,41)(H,38,44)(H,39,42)/t22-,27+,28+,29-/m1/s1. The van der Waals surface area contributed by atoms with Crippen molar-refractivity contribution in [2.24, 2.45) is 11.8 Å². The minimum absolute atomic E-state index is 0.0283. The van der Waals surface area contributed by atoms with E-state index in [9.17, 15) is 24.0 Å². The molecule has 12 heteroatoms. The van der Waals surface area contributed by atoms with Crippen molar-refractivity contribution in [1.82, 2.24) is 26.2 Å². The molecular formula is C35H47N5O7. The fraction of sp³-hybridized carbons (Fsp3) is 0.514. The third-order valence-corrected chi connectivity index (χ3v) is 8.45. The predicted molar refractivity (Wildman–Crippen MR) is 176 cm³/mol. The van der Waals surface area contributed by atoms with Crippen LogP contribution in [-0.2, 0) is 32.0 Å². The molecule has 4 rings (SSSR count). The maximum absolute atomic E-state index is 13.9. The number of hydrogen-bond acceptors (Lipinski definition) is 7. The summed E-state index contributed by atoms with van der Waals surface area (Å²) in [5.74, 6) is -1.17. The molecule has 0 aromatic heterocycles. The Bertz CT molecular complexity index is 1460. The first kappa shape index (κ1) is 35.2. The molecule has 4 N–H and O–H groups in total. The highest BCUT2D eigenvalue weighted by Crippen LogP contribution is 2.26. The number of benzene rings is 2. The van der Waals surface area contributed by atoms with Crippen molar-refractivity contribution in [2.45, 2.75) is 78.0 Å². The Kier molecular flexibility index (Phi) is 11.8. The van der Waals surface area contributed by atoms with E-state index in [0.29, 0.717) is 30.8 Å². The Balaban J connectivity index is 1.66. The van der Waals surface area contributed by atoms with Crippen molar-refractivity contribution < 1.29 is 33.4 Å². The molecular weight excluding hydrogens is 602 g/mol. The Morgan fingerprint density at radius 2 is 1.62 bits per heavy atom. The first-order valence-electron chi connectivity index (χ1n) is 16.2. The summed E-state index contributed by atoms with van der Waals surface area (Å²) in [6.45, 7) is 9.47. The second-order valence-corrected chi connectivity index (χ2v) is 13.1. The van der Waals surface area contributed by atoms with Gasteiger partial charge in [0.15, 0.2) is 0 Å². The minimum Gasteiger partial charge on any atom is -0.497 e. The lowest BCUT2D eigenvalue weighted by atomic mass is 10.0. The number of nitrogens with one attached hydrogen (secondary N) is 4. The molecule has 4 atom stereocenters. The van der Waals surface area contributed by atoms with Gasteiger partial charge in [0.25, 0.3) is 5.91 Å². The van der Waals surface area contributed by atoms with Crippen molar-refractivity contribution in [1.29, 1.82) is 0 Å². The van der Waals surface area contributed by atoms with E-state index in [1.165, 1.54) is 4.90 Å². The summed E-state index contributed by atoms with van der Waals surface area (Å²) in [7, 11) is 1.56. The van der Waals surface area contributed by atoms with Crippen molar-refractivity contribution in [2.75, 3.05) is 26.8 Å². The smallest absolute Gasteiger partial charge is 0.254 e. The van der Waals surface area contributed by atoms with Crippen LogP contribution >= 0.6 is 0 Å². The maximum atomic E-state index is 13.9. The van der Waals surface area contributed by atoms with E-state index in [1.54, 1.807) is 56.5 Å². The molecule has 2 heterocycles. The second kappa shape index (κ2) is 15.8. The molecule has 0 aliphatic carbocycles. The van der Waals surface area contributed by atoms with Crippen LogP contribution in [0.3, 0.4) is 0 Å². The molecule has 2 aliphatic rings. The minimum atomic E-state index is -1.04. The number of amides is 5. The number of ether oxygens (including phenoxy) is 2. The van der Waals surface area contributed by atoms with Gasteiger partial charge in [0.05, 0.1) is 20.3 Å². The molecule has 2 aliphatic heterocycles. The zero-order chi connectivity index (χ0) is 34.2. The van der Waals surface area contributed by atoms with Crippen molar-refractivity contribution in [3.05, 3.63) is 59.2 Å². The molecule has 0 bridgehead atoms. The van der Waals surface area contributed by atoms with Gasteiger partial charge >= 0.3 is 0 Å². The highest BCUT2D eigenvalue weighted by molar-refractivity contribution is 5.98. The van der Waals surface area contributed by atoms with Crippen LogP contribution in [0.4, 0.5) is 0 Å². The zero-order valence-electron chi connectivity index (χ0n) is 28.1. The van der Waals surface area contributed by atoms with Gasteiger partial charge in [-0.1, -0.05) is 39.8 Å². The molecule has 0 radical (unpaired) electrons. The fourth-order valence-electron chi connectivity index (χ4n) is 5.66. The molecule has 0 unspecified atom stereocenters. The first-order valence-corrected chi connectivity index (χ1v) is 16.2. The Morgan fingerprint density at radius 1 is 0.915 bits per heavy atom. The van der Waals surface area contributed by atoms with Gasteiger partial charge in [0, 0.05) is 31.0 Å². The molecule has 5 amide bonds. The van der Waals surface area contributed by atoms with E-state index >= 15 is 0 Å². The zero-order valence-corrected chi connectivity index (χ0v) is 28.1. The molecule has 0 spiro atoms. The normalized spacial score (nSPS) is 22.7. The number of nitrogens with zero attached hydrogens (tertiary/aromatic N) is 1. The molecule has 254 valence electrons. The summed E-state index contributed by atoms with van der Waals surface area (Å²) >= 11 is 0. The number of rotatable bonds is 7. The quantitative estimate of drug-likeness (QED) is 0.358. The van der Waals surface area contributed by atoms with Gasteiger partial charge < -0.3 is 35.6 Å². The summed E-state index contributed by atoms with van der Waals surface area (Å²) < 4.78 is 10.8. The predicted octanol–water partition coefficient (Wildman–Crippen LogP) is 1.99. The number of carbonyl (C=O) groups excluding carboxylic acids is 5. The highest BCUT2D eigenvalue weighted by atomic mass is 16.5. The van der Waals surface area contributed by atoms with E-state index < -0.39 is 47.8 Å². The maximum Gasteiger partial charge on any atom is 0.254 e. The van der Waals surface area contributed by atoms with Gasteiger partial charge in [-0.3, -0.25) is 24.0 Å². The van der Waals surface area contributed by atoms with Crippen LogP contribution in [0.2, 0.25) is 0 Å². The monoisotopic (exact) mass is 649 g/mol. The lowest BCUT2D eigenvalue weighted by molar-refractivity contribution is -0.133. The molecule has 0 saturated carbocycles. The summed E-state index contributed by atoms with van der Waals surface area (Å²) in [5.41, 5.74) is 2.07. The third-order valence-electron chi connectivity index (χ3n) is 8.45. The Hall–Kier alpha value is -4.61. The van der Waals surface area contributed by atoms with Gasteiger partial charge in [0.2, 0.25) is 23.6 Å². The number of fused-ring (bicyclic) bond motifs is 1. The van der Waals surface area contributed by atoms with E-state index in [4.69, 9.17) is 9.47 Å². The average molecular weight is 650 g/mol. The summed E-state index contributed by atoms with van der Waals surface area (Å²) in [6.07, 6.45) is 1.12. The molecule has 47 heavy (non-hydrogen) atoms. The Morgan fingerprint density at radius 3 is 2.28 bits per heavy atom. The summed E-state index contributed by atoms with van der Waals surface area (Å²) in [5, 5.41) is 11.4. The lowest BCUT2D eigenvalue weighted by Gasteiger charge is -2.31. The van der Waals surface area contributed by atoms with Crippen LogP contribution in [0.25, 0.3) is 0 Å². The van der Waals surface area contributed by atoms with Crippen LogP contribution in [-0.4, -0.2) is 85.4 Å². The number of hydrogen-bond donors (Lipinski definition) is 4. The Labute approximate surface area is 276 Å². The van der Waals surface area contributed by atoms with Crippen LogP contribution in [0.15, 0.2) is 42.5 Å². The van der Waals surface area contributed by atoms with Gasteiger partial charge in [-0.05, 0) is 66.6 Å². The second-order valence-electron chi connectivity index (χ2n) is 13.1. The highest BCUT2D eigenvalue weighted by Gasteiger charge is 2.33. The van der Waals surface area contributed by atoms with Gasteiger partial charge in [-0.2, -0.15) is 0 Å². The van der Waals surface area contributed by atoms with Crippen LogP contribution < -0.4 is 30.7 Å². The van der Waals surface area contributed by atoms with E-state index in [1.807, 2.05) is 27.7 Å².